The summed E-state index contributed by atoms with van der Waals surface area (Å²) in [6, 6.07) is 3.09. The smallest absolute Gasteiger partial charge is 0.338 e. The molecule has 1 aromatic rings. The molecule has 2 fully saturated rings. The quantitative estimate of drug-likeness (QED) is 0.591. The first-order valence-corrected chi connectivity index (χ1v) is 14.0. The number of carbonyl (C=O) groups excluding carboxylic acids is 2. The number of carbonyl (C=O) groups is 2. The lowest BCUT2D eigenvalue weighted by Crippen LogP contribution is -2.47. The summed E-state index contributed by atoms with van der Waals surface area (Å²) in [5.41, 5.74) is 4.93. The lowest BCUT2D eigenvalue weighted by Gasteiger charge is -2.39. The zero-order valence-electron chi connectivity index (χ0n) is 20.6. The van der Waals surface area contributed by atoms with E-state index in [0.717, 1.165) is 73.1 Å². The maximum absolute atomic E-state index is 13.4. The van der Waals surface area contributed by atoms with Gasteiger partial charge in [-0.3, -0.25) is 4.79 Å². The van der Waals surface area contributed by atoms with Crippen LogP contribution < -0.4 is 4.72 Å². The van der Waals surface area contributed by atoms with Gasteiger partial charge in [0.15, 0.2) is 0 Å². The lowest BCUT2D eigenvalue weighted by molar-refractivity contribution is -0.137. The van der Waals surface area contributed by atoms with E-state index in [2.05, 4.69) is 9.62 Å². The van der Waals surface area contributed by atoms with Gasteiger partial charge >= 0.3 is 5.97 Å². The Kier molecular flexibility index (Phi) is 6.27. The highest BCUT2D eigenvalue weighted by atomic mass is 32.2. The van der Waals surface area contributed by atoms with Crippen molar-refractivity contribution in [3.8, 4) is 0 Å². The molecule has 4 aliphatic rings. The van der Waals surface area contributed by atoms with Crippen molar-refractivity contribution < 1.29 is 27.5 Å². The van der Waals surface area contributed by atoms with E-state index in [0.29, 0.717) is 25.3 Å². The molecule has 35 heavy (non-hydrogen) atoms. The van der Waals surface area contributed by atoms with E-state index < -0.39 is 16.1 Å². The van der Waals surface area contributed by atoms with Crippen molar-refractivity contribution in [1.29, 1.82) is 0 Å². The molecule has 4 aliphatic heterocycles. The maximum Gasteiger partial charge on any atom is 0.338 e. The minimum atomic E-state index is -3.47. The predicted molar refractivity (Wildman–Crippen MR) is 129 cm³/mol. The third kappa shape index (κ3) is 4.52. The van der Waals surface area contributed by atoms with Crippen molar-refractivity contribution in [2.75, 3.05) is 45.6 Å². The molecule has 9 nitrogen and oxygen atoms in total. The van der Waals surface area contributed by atoms with Gasteiger partial charge in [-0.25, -0.2) is 17.9 Å². The summed E-state index contributed by atoms with van der Waals surface area (Å²) in [5, 5.41) is 0. The van der Waals surface area contributed by atoms with Crippen molar-refractivity contribution in [2.45, 2.75) is 45.8 Å². The van der Waals surface area contributed by atoms with Crippen LogP contribution in [0.3, 0.4) is 0 Å². The van der Waals surface area contributed by atoms with Crippen molar-refractivity contribution in [3.05, 3.63) is 45.7 Å². The number of fused-ring (bicyclic) bond motifs is 1. The molecule has 5 rings (SSSR count). The third-order valence-corrected chi connectivity index (χ3v) is 8.79. The van der Waals surface area contributed by atoms with Crippen LogP contribution in [0.2, 0.25) is 0 Å². The summed E-state index contributed by atoms with van der Waals surface area (Å²) in [5.74, 6) is -0.129. The largest absolute Gasteiger partial charge is 0.457 e. The van der Waals surface area contributed by atoms with E-state index in [9.17, 15) is 18.0 Å². The first kappa shape index (κ1) is 24.4. The number of ether oxygens (including phenoxy) is 2. The molecule has 0 bridgehead atoms. The Morgan fingerprint density at radius 2 is 1.77 bits per heavy atom. The summed E-state index contributed by atoms with van der Waals surface area (Å²) in [4.78, 5) is 29.5. The van der Waals surface area contributed by atoms with Crippen LogP contribution in [0, 0.1) is 12.3 Å². The Morgan fingerprint density at radius 1 is 1.06 bits per heavy atom. The van der Waals surface area contributed by atoms with Crippen LogP contribution in [0.5, 0.6) is 0 Å². The molecule has 4 heterocycles. The second kappa shape index (κ2) is 8.99. The monoisotopic (exact) mass is 503 g/mol. The van der Waals surface area contributed by atoms with E-state index >= 15 is 0 Å². The Bertz CT molecular complexity index is 1200. The zero-order chi connectivity index (χ0) is 25.0. The highest BCUT2D eigenvalue weighted by Gasteiger charge is 2.49. The molecule has 1 spiro atoms. The zero-order valence-corrected chi connectivity index (χ0v) is 21.4. The van der Waals surface area contributed by atoms with Gasteiger partial charge in [-0.1, -0.05) is 6.07 Å². The molecule has 1 N–H and O–H groups in total. The van der Waals surface area contributed by atoms with Crippen molar-refractivity contribution in [2.24, 2.45) is 5.41 Å². The Hall–Kier alpha value is -2.27. The van der Waals surface area contributed by atoms with Gasteiger partial charge < -0.3 is 19.3 Å². The number of esters is 1. The van der Waals surface area contributed by atoms with E-state index in [4.69, 9.17) is 9.47 Å². The summed E-state index contributed by atoms with van der Waals surface area (Å²) in [6.45, 7) is 7.94. The van der Waals surface area contributed by atoms with Crippen LogP contribution in [-0.2, 0) is 30.9 Å². The van der Waals surface area contributed by atoms with Crippen LogP contribution in [0.1, 0.15) is 59.3 Å². The minimum Gasteiger partial charge on any atom is -0.457 e. The molecule has 1 atom stereocenters. The molecule has 2 saturated heterocycles. The van der Waals surface area contributed by atoms with Gasteiger partial charge in [0.25, 0.3) is 0 Å². The number of likely N-dealkylation sites (tertiary alicyclic amines) is 2. The molecule has 0 aromatic heterocycles. The summed E-state index contributed by atoms with van der Waals surface area (Å²) < 4.78 is 37.9. The number of nitrogens with one attached hydrogen (secondary N) is 1. The minimum absolute atomic E-state index is 0.210. The topological polar surface area (TPSA) is 105 Å². The van der Waals surface area contributed by atoms with Crippen LogP contribution in [-0.4, -0.2) is 75.7 Å². The average Bonchev–Trinajstić information content (AvgIpc) is 3.48. The molecule has 1 amide bonds. The van der Waals surface area contributed by atoms with Gasteiger partial charge in [0, 0.05) is 24.4 Å². The SMILES string of the molecule is CC1=C(N2CCC3(CCN(CC(NS(C)(=O)=O)c4ccc5c(c4C)COC5=O)CC3)C2=O)COC1. The van der Waals surface area contributed by atoms with Gasteiger partial charge in [0.2, 0.25) is 15.9 Å². The number of benzene rings is 1. The van der Waals surface area contributed by atoms with Gasteiger partial charge in [-0.15, -0.1) is 0 Å². The van der Waals surface area contributed by atoms with Crippen molar-refractivity contribution in [1.82, 2.24) is 14.5 Å². The Balaban J connectivity index is 1.31. The predicted octanol–water partition coefficient (Wildman–Crippen LogP) is 1.87. The van der Waals surface area contributed by atoms with Crippen molar-refractivity contribution in [3.63, 3.8) is 0 Å². The first-order chi connectivity index (χ1) is 16.6. The second-order valence-electron chi connectivity index (χ2n) is 10.3. The highest BCUT2D eigenvalue weighted by Crippen LogP contribution is 2.44. The molecular weight excluding hydrogens is 470 g/mol. The van der Waals surface area contributed by atoms with E-state index in [1.54, 1.807) is 6.07 Å². The maximum atomic E-state index is 13.4. The van der Waals surface area contributed by atoms with Gasteiger partial charge in [-0.05, 0) is 69.0 Å². The van der Waals surface area contributed by atoms with Crippen molar-refractivity contribution >= 4 is 21.9 Å². The van der Waals surface area contributed by atoms with Gasteiger partial charge in [0.1, 0.15) is 6.61 Å². The first-order valence-electron chi connectivity index (χ1n) is 12.2. The fourth-order valence-corrected chi connectivity index (χ4v) is 6.70. The summed E-state index contributed by atoms with van der Waals surface area (Å²) in [6.07, 6.45) is 3.52. The fraction of sp³-hybridized carbons (Fsp3) is 0.600. The van der Waals surface area contributed by atoms with Gasteiger partial charge in [0.05, 0.1) is 36.5 Å². The van der Waals surface area contributed by atoms with Crippen LogP contribution in [0.15, 0.2) is 23.4 Å². The molecule has 190 valence electrons. The number of sulfonamides is 1. The number of nitrogens with zero attached hydrogens (tertiary/aromatic N) is 2. The molecule has 1 aromatic carbocycles. The normalized spacial score (nSPS) is 23.3. The number of cyclic esters (lactones) is 1. The Labute approximate surface area is 206 Å². The number of hydrogen-bond donors (Lipinski definition) is 1. The standard InChI is InChI=1S/C25H33N3O6S/c1-16-13-33-15-22(16)28-11-8-25(24(28)30)6-9-27(10-7-25)12-21(26-35(3,31)32)18-4-5-19-20(17(18)2)14-34-23(19)29/h4-5,21,26H,6-15H2,1-3H3. The number of piperidine rings is 1. The number of hydrogen-bond acceptors (Lipinski definition) is 7. The third-order valence-electron chi connectivity index (χ3n) is 8.08. The highest BCUT2D eigenvalue weighted by molar-refractivity contribution is 7.88. The molecule has 0 saturated carbocycles. The molecule has 1 unspecified atom stereocenters. The summed E-state index contributed by atoms with van der Waals surface area (Å²) >= 11 is 0. The van der Waals surface area contributed by atoms with E-state index in [-0.39, 0.29) is 23.9 Å². The van der Waals surface area contributed by atoms with E-state index in [1.165, 1.54) is 0 Å². The summed E-state index contributed by atoms with van der Waals surface area (Å²) in [7, 11) is -3.47. The van der Waals surface area contributed by atoms with E-state index in [1.807, 2.05) is 24.8 Å². The van der Waals surface area contributed by atoms with Crippen LogP contribution >= 0.6 is 0 Å². The van der Waals surface area contributed by atoms with Crippen LogP contribution in [0.4, 0.5) is 0 Å². The van der Waals surface area contributed by atoms with Crippen LogP contribution in [0.25, 0.3) is 0 Å². The number of rotatable bonds is 6. The number of amides is 1. The lowest BCUT2D eigenvalue weighted by atomic mass is 9.77. The average molecular weight is 504 g/mol. The molecule has 0 aliphatic carbocycles. The fourth-order valence-electron chi connectivity index (χ4n) is 5.98. The molecule has 0 radical (unpaired) electrons. The van der Waals surface area contributed by atoms with Gasteiger partial charge in [-0.2, -0.15) is 0 Å². The molecule has 10 heteroatoms. The second-order valence-corrected chi connectivity index (χ2v) is 12.1. The Morgan fingerprint density at radius 3 is 2.43 bits per heavy atom. The molecular formula is C25H33N3O6S.